The number of aliphatic hydroxyl groups is 1. The molecule has 1 unspecified atom stereocenters. The zero-order chi connectivity index (χ0) is 12.8. The Kier molecular flexibility index (Phi) is 4.96. The number of carboxylic acids is 1. The summed E-state index contributed by atoms with van der Waals surface area (Å²) in [7, 11) is 0. The number of carboxylic acid groups (broad SMARTS) is 1. The van der Waals surface area contributed by atoms with Crippen LogP contribution < -0.4 is 5.32 Å². The minimum absolute atomic E-state index is 0.540. The summed E-state index contributed by atoms with van der Waals surface area (Å²) in [5.74, 6) is -3.55. The van der Waals surface area contributed by atoms with Crippen molar-refractivity contribution in [2.45, 2.75) is 18.4 Å². The molecule has 0 aromatic carbocycles. The Balaban J connectivity index is 4.75. The standard InChI is InChI=1S/C8H11N3O5/c1-10-5(12)2-8(16,7(14)15)3-6(13)11-4-9/h4,16H,1-3H2,(H,14,15)(H2,9,11,13). The monoisotopic (exact) mass is 229 g/mol. The number of hydrogen-bond donors (Lipinski definition) is 4. The molecule has 0 saturated carbocycles. The molecule has 0 saturated heterocycles. The zero-order valence-electron chi connectivity index (χ0n) is 8.27. The Hall–Kier alpha value is -2.09. The highest BCUT2D eigenvalue weighted by Crippen LogP contribution is 2.16. The third-order valence-corrected chi connectivity index (χ3v) is 1.70. The van der Waals surface area contributed by atoms with Crippen LogP contribution in [0.5, 0.6) is 0 Å². The van der Waals surface area contributed by atoms with Crippen LogP contribution in [0.25, 0.3) is 0 Å². The minimum atomic E-state index is -2.54. The summed E-state index contributed by atoms with van der Waals surface area (Å²) in [4.78, 5) is 35.5. The van der Waals surface area contributed by atoms with Crippen LogP contribution >= 0.6 is 0 Å². The largest absolute Gasteiger partial charge is 0.479 e. The molecule has 0 rings (SSSR count). The Morgan fingerprint density at radius 3 is 2.38 bits per heavy atom. The molecular weight excluding hydrogens is 218 g/mol. The second-order valence-electron chi connectivity index (χ2n) is 2.95. The van der Waals surface area contributed by atoms with Gasteiger partial charge in [-0.3, -0.25) is 15.0 Å². The van der Waals surface area contributed by atoms with E-state index in [9.17, 15) is 19.5 Å². The zero-order valence-corrected chi connectivity index (χ0v) is 8.27. The Morgan fingerprint density at radius 2 is 2.00 bits per heavy atom. The van der Waals surface area contributed by atoms with Crippen LogP contribution in [0, 0.1) is 5.41 Å². The fraction of sp³-hybridized carbons (Fsp3) is 0.375. The Morgan fingerprint density at radius 1 is 1.44 bits per heavy atom. The van der Waals surface area contributed by atoms with Crippen LogP contribution in [-0.4, -0.2) is 46.7 Å². The van der Waals surface area contributed by atoms with Gasteiger partial charge in [-0.25, -0.2) is 9.79 Å². The summed E-state index contributed by atoms with van der Waals surface area (Å²) < 4.78 is 0. The van der Waals surface area contributed by atoms with Gasteiger partial charge in [-0.1, -0.05) is 0 Å². The molecule has 2 amide bonds. The summed E-state index contributed by atoms with van der Waals surface area (Å²) in [5, 5.41) is 26.6. The van der Waals surface area contributed by atoms with Gasteiger partial charge in [0.25, 0.3) is 0 Å². The SMILES string of the molecule is C=NC(=O)CC(O)(CC(=O)NC=N)C(=O)O. The Bertz CT molecular complexity index is 341. The van der Waals surface area contributed by atoms with E-state index in [0.717, 1.165) is 0 Å². The second kappa shape index (κ2) is 5.71. The number of carbonyl (C=O) groups is 3. The van der Waals surface area contributed by atoms with Crippen LogP contribution in [0.3, 0.4) is 0 Å². The maximum Gasteiger partial charge on any atom is 0.336 e. The summed E-state index contributed by atoms with van der Waals surface area (Å²) >= 11 is 0. The van der Waals surface area contributed by atoms with Gasteiger partial charge >= 0.3 is 5.97 Å². The van der Waals surface area contributed by atoms with Crippen molar-refractivity contribution in [3.63, 3.8) is 0 Å². The molecule has 0 aliphatic carbocycles. The van der Waals surface area contributed by atoms with E-state index in [-0.39, 0.29) is 0 Å². The van der Waals surface area contributed by atoms with E-state index < -0.39 is 36.2 Å². The van der Waals surface area contributed by atoms with Crippen molar-refractivity contribution in [1.82, 2.24) is 5.32 Å². The number of carbonyl (C=O) groups excluding carboxylic acids is 2. The van der Waals surface area contributed by atoms with Crippen molar-refractivity contribution in [3.8, 4) is 0 Å². The molecule has 0 aliphatic rings. The normalized spacial score (nSPS) is 13.3. The first kappa shape index (κ1) is 13.9. The third kappa shape index (κ3) is 3.96. The summed E-state index contributed by atoms with van der Waals surface area (Å²) in [5.41, 5.74) is -2.54. The first-order valence-corrected chi connectivity index (χ1v) is 4.09. The van der Waals surface area contributed by atoms with Crippen LogP contribution in [0.2, 0.25) is 0 Å². The number of rotatable bonds is 6. The quantitative estimate of drug-likeness (QED) is 0.325. The van der Waals surface area contributed by atoms with Crippen molar-refractivity contribution < 1.29 is 24.6 Å². The molecule has 0 bridgehead atoms. The van der Waals surface area contributed by atoms with Gasteiger partial charge in [0.2, 0.25) is 11.8 Å². The molecule has 1 atom stereocenters. The number of amides is 2. The summed E-state index contributed by atoms with van der Waals surface area (Å²) in [6.45, 7) is 2.88. The smallest absolute Gasteiger partial charge is 0.336 e. The number of nitrogens with zero attached hydrogens (tertiary/aromatic N) is 1. The molecule has 0 fully saturated rings. The molecule has 0 spiro atoms. The average molecular weight is 229 g/mol. The molecule has 8 heteroatoms. The predicted molar refractivity (Wildman–Crippen MR) is 53.3 cm³/mol. The van der Waals surface area contributed by atoms with Crippen LogP contribution in [-0.2, 0) is 14.4 Å². The van der Waals surface area contributed by atoms with Crippen molar-refractivity contribution in [1.29, 1.82) is 5.41 Å². The van der Waals surface area contributed by atoms with E-state index >= 15 is 0 Å². The first-order chi connectivity index (χ1) is 7.35. The van der Waals surface area contributed by atoms with E-state index in [1.165, 1.54) is 0 Å². The van der Waals surface area contributed by atoms with E-state index in [2.05, 4.69) is 11.7 Å². The van der Waals surface area contributed by atoms with Gasteiger partial charge in [-0.2, -0.15) is 0 Å². The maximum absolute atomic E-state index is 11.0. The van der Waals surface area contributed by atoms with Gasteiger partial charge in [-0.15, -0.1) is 0 Å². The van der Waals surface area contributed by atoms with Crippen molar-refractivity contribution in [2.24, 2.45) is 4.99 Å². The van der Waals surface area contributed by atoms with Crippen LogP contribution in [0.15, 0.2) is 4.99 Å². The molecule has 8 nitrogen and oxygen atoms in total. The topological polar surface area (TPSA) is 140 Å². The van der Waals surface area contributed by atoms with Gasteiger partial charge in [0.15, 0.2) is 5.60 Å². The lowest BCUT2D eigenvalue weighted by atomic mass is 9.95. The number of aliphatic imine (C=N–C) groups is 1. The van der Waals surface area contributed by atoms with Crippen molar-refractivity contribution in [2.75, 3.05) is 0 Å². The van der Waals surface area contributed by atoms with Gasteiger partial charge < -0.3 is 15.5 Å². The van der Waals surface area contributed by atoms with Crippen molar-refractivity contribution in [3.05, 3.63) is 0 Å². The number of nitrogens with one attached hydrogen (secondary N) is 2. The minimum Gasteiger partial charge on any atom is -0.479 e. The van der Waals surface area contributed by atoms with E-state index in [0.29, 0.717) is 6.34 Å². The highest BCUT2D eigenvalue weighted by molar-refractivity contribution is 5.95. The van der Waals surface area contributed by atoms with E-state index in [1.807, 2.05) is 5.32 Å². The molecule has 0 heterocycles. The van der Waals surface area contributed by atoms with Crippen LogP contribution in [0.4, 0.5) is 0 Å². The Labute approximate surface area is 90.5 Å². The van der Waals surface area contributed by atoms with Crippen LogP contribution in [0.1, 0.15) is 12.8 Å². The van der Waals surface area contributed by atoms with Crippen molar-refractivity contribution >= 4 is 30.8 Å². The molecule has 4 N–H and O–H groups in total. The van der Waals surface area contributed by atoms with Gasteiger partial charge in [0.05, 0.1) is 19.2 Å². The molecule has 0 aliphatic heterocycles. The fourth-order valence-corrected chi connectivity index (χ4v) is 0.917. The van der Waals surface area contributed by atoms with Gasteiger partial charge in [0, 0.05) is 0 Å². The average Bonchev–Trinajstić information content (AvgIpc) is 2.17. The lowest BCUT2D eigenvalue weighted by Crippen LogP contribution is -2.44. The van der Waals surface area contributed by atoms with Gasteiger partial charge in [0.1, 0.15) is 0 Å². The van der Waals surface area contributed by atoms with Gasteiger partial charge in [-0.05, 0) is 6.72 Å². The summed E-state index contributed by atoms with van der Waals surface area (Å²) in [6.07, 6.45) is -1.16. The summed E-state index contributed by atoms with van der Waals surface area (Å²) in [6, 6.07) is 0. The lowest BCUT2D eigenvalue weighted by molar-refractivity contribution is -0.163. The molecule has 0 aromatic rings. The van der Waals surface area contributed by atoms with E-state index in [4.69, 9.17) is 10.5 Å². The highest BCUT2D eigenvalue weighted by Gasteiger charge is 2.40. The third-order valence-electron chi connectivity index (χ3n) is 1.70. The number of hydrogen-bond acceptors (Lipinski definition) is 5. The molecule has 0 radical (unpaired) electrons. The number of aliphatic carboxylic acids is 1. The van der Waals surface area contributed by atoms with E-state index in [1.54, 1.807) is 0 Å². The molecule has 16 heavy (non-hydrogen) atoms. The molecule has 88 valence electrons. The lowest BCUT2D eigenvalue weighted by Gasteiger charge is -2.20. The first-order valence-electron chi connectivity index (χ1n) is 4.09. The fourth-order valence-electron chi connectivity index (χ4n) is 0.917. The molecule has 0 aromatic heterocycles. The second-order valence-corrected chi connectivity index (χ2v) is 2.95. The predicted octanol–water partition coefficient (Wildman–Crippen LogP) is -1.47. The molecular formula is C8H11N3O5. The highest BCUT2D eigenvalue weighted by atomic mass is 16.4. The maximum atomic E-state index is 11.0.